The highest BCUT2D eigenvalue weighted by Gasteiger charge is 2.30. The van der Waals surface area contributed by atoms with Gasteiger partial charge in [-0.1, -0.05) is 0 Å². The summed E-state index contributed by atoms with van der Waals surface area (Å²) in [5, 5.41) is 1.84. The van der Waals surface area contributed by atoms with Crippen molar-refractivity contribution in [2.75, 3.05) is 19.6 Å². The maximum atomic E-state index is 12.1. The lowest BCUT2D eigenvalue weighted by Crippen LogP contribution is -2.48. The van der Waals surface area contributed by atoms with Crippen LogP contribution in [-0.4, -0.2) is 53.7 Å². The van der Waals surface area contributed by atoms with E-state index in [0.29, 0.717) is 18.6 Å². The standard InChI is InChI=1S/C14H17F3N4O3/c15-14(16,17)8-20-13(23)21-5-2-9(3-6-21)24-10-1-4-19-11(7-10)12(18)22/h1,4,7,9H,2-3,5-6,8H2,(H2,18,22)(H,20,23). The number of nitrogens with zero attached hydrogens (tertiary/aromatic N) is 2. The number of rotatable bonds is 4. The molecule has 0 aromatic carbocycles. The van der Waals surface area contributed by atoms with Crippen LogP contribution < -0.4 is 15.8 Å². The van der Waals surface area contributed by atoms with Gasteiger partial charge in [0.25, 0.3) is 5.91 Å². The molecule has 0 spiro atoms. The topological polar surface area (TPSA) is 97.6 Å². The van der Waals surface area contributed by atoms with Crippen LogP contribution in [0.5, 0.6) is 5.75 Å². The number of halogens is 3. The molecule has 7 nitrogen and oxygen atoms in total. The van der Waals surface area contributed by atoms with E-state index in [0.717, 1.165) is 0 Å². The summed E-state index contributed by atoms with van der Waals surface area (Å²) in [5.41, 5.74) is 5.22. The van der Waals surface area contributed by atoms with E-state index in [1.54, 1.807) is 6.07 Å². The van der Waals surface area contributed by atoms with E-state index in [-0.39, 0.29) is 24.9 Å². The molecule has 1 aromatic rings. The molecule has 1 aliphatic heterocycles. The molecule has 0 saturated carbocycles. The number of hydrogen-bond donors (Lipinski definition) is 2. The molecule has 24 heavy (non-hydrogen) atoms. The van der Waals surface area contributed by atoms with Crippen molar-refractivity contribution < 1.29 is 27.5 Å². The zero-order chi connectivity index (χ0) is 17.7. The number of alkyl halides is 3. The molecule has 3 amide bonds. The molecule has 0 unspecified atom stereocenters. The van der Waals surface area contributed by atoms with Gasteiger partial charge in [0.2, 0.25) is 0 Å². The summed E-state index contributed by atoms with van der Waals surface area (Å²) in [6.45, 7) is -0.792. The molecular weight excluding hydrogens is 329 g/mol. The van der Waals surface area contributed by atoms with Crippen LogP contribution in [0.1, 0.15) is 23.3 Å². The number of primary amides is 1. The molecule has 132 valence electrons. The highest BCUT2D eigenvalue weighted by molar-refractivity contribution is 5.91. The van der Waals surface area contributed by atoms with Crippen LogP contribution in [0.4, 0.5) is 18.0 Å². The van der Waals surface area contributed by atoms with Crippen molar-refractivity contribution in [1.29, 1.82) is 0 Å². The third-order valence-electron chi connectivity index (χ3n) is 3.46. The van der Waals surface area contributed by atoms with Crippen molar-refractivity contribution in [2.24, 2.45) is 5.73 Å². The number of carbonyl (C=O) groups is 2. The Labute approximate surface area is 136 Å². The molecule has 2 rings (SSSR count). The molecule has 1 aliphatic rings. The Hall–Kier alpha value is -2.52. The quantitative estimate of drug-likeness (QED) is 0.858. The number of urea groups is 1. The summed E-state index contributed by atoms with van der Waals surface area (Å²) in [7, 11) is 0. The average Bonchev–Trinajstić information content (AvgIpc) is 2.53. The zero-order valence-corrected chi connectivity index (χ0v) is 12.7. The first-order chi connectivity index (χ1) is 11.2. The van der Waals surface area contributed by atoms with Crippen molar-refractivity contribution in [3.8, 4) is 5.75 Å². The SMILES string of the molecule is NC(=O)c1cc(OC2CCN(C(=O)NCC(F)(F)F)CC2)ccn1. The van der Waals surface area contributed by atoms with Crippen molar-refractivity contribution in [2.45, 2.75) is 25.1 Å². The highest BCUT2D eigenvalue weighted by atomic mass is 19.4. The van der Waals surface area contributed by atoms with Crippen LogP contribution in [0, 0.1) is 0 Å². The molecule has 1 saturated heterocycles. The third-order valence-corrected chi connectivity index (χ3v) is 3.46. The van der Waals surface area contributed by atoms with Gasteiger partial charge in [-0.3, -0.25) is 9.78 Å². The molecule has 3 N–H and O–H groups in total. The first-order valence-electron chi connectivity index (χ1n) is 7.26. The second-order valence-corrected chi connectivity index (χ2v) is 5.32. The summed E-state index contributed by atoms with van der Waals surface area (Å²) < 4.78 is 42.0. The Kier molecular flexibility index (Phi) is 5.47. The highest BCUT2D eigenvalue weighted by Crippen LogP contribution is 2.19. The maximum absolute atomic E-state index is 12.1. The summed E-state index contributed by atoms with van der Waals surface area (Å²) >= 11 is 0. The second kappa shape index (κ2) is 7.37. The monoisotopic (exact) mass is 346 g/mol. The normalized spacial score (nSPS) is 15.9. The van der Waals surface area contributed by atoms with Crippen LogP contribution in [0.3, 0.4) is 0 Å². The second-order valence-electron chi connectivity index (χ2n) is 5.32. The lowest BCUT2D eigenvalue weighted by molar-refractivity contribution is -0.123. The Morgan fingerprint density at radius 2 is 2.04 bits per heavy atom. The van der Waals surface area contributed by atoms with E-state index in [4.69, 9.17) is 10.5 Å². The third kappa shape index (κ3) is 5.28. The number of carbonyl (C=O) groups excluding carboxylic acids is 2. The smallest absolute Gasteiger partial charge is 0.405 e. The van der Waals surface area contributed by atoms with Gasteiger partial charge in [-0.05, 0) is 6.07 Å². The first kappa shape index (κ1) is 17.8. The molecule has 0 atom stereocenters. The van der Waals surface area contributed by atoms with Gasteiger partial charge >= 0.3 is 12.2 Å². The van der Waals surface area contributed by atoms with E-state index in [1.165, 1.54) is 17.2 Å². The Morgan fingerprint density at radius 3 is 2.62 bits per heavy atom. The number of ether oxygens (including phenoxy) is 1. The molecule has 1 fully saturated rings. The van der Waals surface area contributed by atoms with Crippen LogP contribution in [0.2, 0.25) is 0 Å². The van der Waals surface area contributed by atoms with Crippen LogP contribution in [0.25, 0.3) is 0 Å². The lowest BCUT2D eigenvalue weighted by atomic mass is 10.1. The zero-order valence-electron chi connectivity index (χ0n) is 12.7. The number of piperidine rings is 1. The van der Waals surface area contributed by atoms with Crippen LogP contribution in [-0.2, 0) is 0 Å². The lowest BCUT2D eigenvalue weighted by Gasteiger charge is -2.32. The van der Waals surface area contributed by atoms with Gasteiger partial charge in [0.1, 0.15) is 24.1 Å². The van der Waals surface area contributed by atoms with Crippen molar-refractivity contribution in [1.82, 2.24) is 15.2 Å². The van der Waals surface area contributed by atoms with Crippen LogP contribution in [0.15, 0.2) is 18.3 Å². The molecule has 0 bridgehead atoms. The summed E-state index contributed by atoms with van der Waals surface area (Å²) in [4.78, 5) is 27.8. The number of aromatic nitrogens is 1. The Balaban J connectivity index is 1.81. The van der Waals surface area contributed by atoms with E-state index < -0.39 is 24.7 Å². The molecule has 10 heteroatoms. The Bertz CT molecular complexity index is 601. The van der Waals surface area contributed by atoms with Gasteiger partial charge in [-0.15, -0.1) is 0 Å². The molecule has 2 heterocycles. The molecule has 0 radical (unpaired) electrons. The number of nitrogens with two attached hydrogens (primary N) is 1. The summed E-state index contributed by atoms with van der Waals surface area (Å²) in [5.74, 6) is -0.240. The van der Waals surface area contributed by atoms with Gasteiger partial charge in [-0.25, -0.2) is 4.79 Å². The van der Waals surface area contributed by atoms with Gasteiger partial charge in [0.05, 0.1) is 0 Å². The van der Waals surface area contributed by atoms with Crippen molar-refractivity contribution >= 4 is 11.9 Å². The number of nitrogens with one attached hydrogen (secondary N) is 1. The number of likely N-dealkylation sites (tertiary alicyclic amines) is 1. The van der Waals surface area contributed by atoms with Crippen LogP contribution >= 0.6 is 0 Å². The molecular formula is C14H17F3N4O3. The van der Waals surface area contributed by atoms with Crippen molar-refractivity contribution in [3.63, 3.8) is 0 Å². The number of hydrogen-bond acceptors (Lipinski definition) is 4. The fourth-order valence-electron chi connectivity index (χ4n) is 2.28. The predicted octanol–water partition coefficient (Wildman–Crippen LogP) is 1.30. The van der Waals surface area contributed by atoms with E-state index in [2.05, 4.69) is 4.98 Å². The van der Waals surface area contributed by atoms with E-state index in [9.17, 15) is 22.8 Å². The van der Waals surface area contributed by atoms with Gasteiger partial charge in [-0.2, -0.15) is 13.2 Å². The molecule has 1 aromatic heterocycles. The first-order valence-corrected chi connectivity index (χ1v) is 7.26. The fraction of sp³-hybridized carbons (Fsp3) is 0.500. The van der Waals surface area contributed by atoms with Gasteiger partial charge < -0.3 is 20.7 Å². The summed E-state index contributed by atoms with van der Waals surface area (Å²) in [6, 6.07) is 2.25. The fourth-order valence-corrected chi connectivity index (χ4v) is 2.28. The minimum Gasteiger partial charge on any atom is -0.490 e. The van der Waals surface area contributed by atoms with E-state index in [1.807, 2.05) is 5.32 Å². The average molecular weight is 346 g/mol. The van der Waals surface area contributed by atoms with Gasteiger partial charge in [0.15, 0.2) is 0 Å². The number of pyridine rings is 1. The van der Waals surface area contributed by atoms with Gasteiger partial charge in [0, 0.05) is 38.2 Å². The maximum Gasteiger partial charge on any atom is 0.405 e. The van der Waals surface area contributed by atoms with Crippen molar-refractivity contribution in [3.05, 3.63) is 24.0 Å². The largest absolute Gasteiger partial charge is 0.490 e. The minimum atomic E-state index is -4.43. The predicted molar refractivity (Wildman–Crippen MR) is 77.4 cm³/mol. The summed E-state index contributed by atoms with van der Waals surface area (Å²) in [6.07, 6.45) is -2.31. The minimum absolute atomic E-state index is 0.0801. The Morgan fingerprint density at radius 1 is 1.38 bits per heavy atom. The van der Waals surface area contributed by atoms with E-state index >= 15 is 0 Å². The number of amides is 3. The molecule has 0 aliphatic carbocycles.